The van der Waals surface area contributed by atoms with E-state index in [0.717, 1.165) is 16.7 Å². The van der Waals surface area contributed by atoms with Gasteiger partial charge in [-0.05, 0) is 48.4 Å². The largest absolute Gasteiger partial charge is 0.322 e. The number of nitrogens with zero attached hydrogens (tertiary/aromatic N) is 1. The molecule has 1 aliphatic rings. The Bertz CT molecular complexity index is 1360. The summed E-state index contributed by atoms with van der Waals surface area (Å²) in [4.78, 5) is 39.6. The lowest BCUT2D eigenvalue weighted by molar-refractivity contribution is 0.0642. The zero-order valence-corrected chi connectivity index (χ0v) is 18.3. The van der Waals surface area contributed by atoms with Gasteiger partial charge in [0.05, 0.1) is 22.6 Å². The van der Waals surface area contributed by atoms with Crippen molar-refractivity contribution in [1.29, 1.82) is 0 Å². The molecule has 3 aromatic carbocycles. The normalized spacial score (nSPS) is 13.2. The molecular formula is C24H20N2O5S. The minimum Gasteiger partial charge on any atom is -0.322 e. The molecule has 1 N–H and O–H groups in total. The molecule has 0 atom stereocenters. The molecular weight excluding hydrogens is 428 g/mol. The molecule has 3 amide bonds. The first-order chi connectivity index (χ1) is 15.1. The molecule has 0 spiro atoms. The number of hydrogen-bond acceptors (Lipinski definition) is 5. The molecule has 1 heterocycles. The Morgan fingerprint density at radius 1 is 0.906 bits per heavy atom. The topological polar surface area (TPSA) is 101 Å². The number of nitrogens with one attached hydrogen (secondary N) is 1. The summed E-state index contributed by atoms with van der Waals surface area (Å²) in [6.45, 7) is 1.89. The number of amides is 3. The van der Waals surface area contributed by atoms with E-state index in [4.69, 9.17) is 0 Å². The predicted octanol–water partition coefficient (Wildman–Crippen LogP) is 3.45. The van der Waals surface area contributed by atoms with Crippen LogP contribution in [-0.4, -0.2) is 37.3 Å². The van der Waals surface area contributed by atoms with Crippen molar-refractivity contribution >= 4 is 33.2 Å². The van der Waals surface area contributed by atoms with Gasteiger partial charge in [0.1, 0.15) is 0 Å². The maximum atomic E-state index is 12.9. The number of imide groups is 1. The van der Waals surface area contributed by atoms with Crippen LogP contribution in [0.25, 0.3) is 0 Å². The molecule has 7 nitrogen and oxygen atoms in total. The lowest BCUT2D eigenvalue weighted by atomic mass is 10.0. The summed E-state index contributed by atoms with van der Waals surface area (Å²) in [5, 5.41) is 2.69. The molecule has 0 aliphatic carbocycles. The Balaban J connectivity index is 1.59. The second-order valence-corrected chi connectivity index (χ2v) is 9.66. The Morgan fingerprint density at radius 2 is 1.59 bits per heavy atom. The quantitative estimate of drug-likeness (QED) is 0.603. The fraction of sp³-hybridized carbons (Fsp3) is 0.125. The average molecular weight is 449 g/mol. The van der Waals surface area contributed by atoms with Crippen molar-refractivity contribution < 1.29 is 22.8 Å². The monoisotopic (exact) mass is 448 g/mol. The maximum Gasteiger partial charge on any atom is 0.261 e. The van der Waals surface area contributed by atoms with Gasteiger partial charge in [0, 0.05) is 17.5 Å². The van der Waals surface area contributed by atoms with Gasteiger partial charge >= 0.3 is 0 Å². The summed E-state index contributed by atoms with van der Waals surface area (Å²) in [6.07, 6.45) is 1.09. The average Bonchev–Trinajstić information content (AvgIpc) is 2.99. The summed E-state index contributed by atoms with van der Waals surface area (Å²) in [6, 6.07) is 18.0. The number of aryl methyl sites for hydroxylation is 1. The van der Waals surface area contributed by atoms with Crippen LogP contribution in [-0.2, 0) is 16.4 Å². The van der Waals surface area contributed by atoms with E-state index in [-0.39, 0.29) is 28.1 Å². The zero-order chi connectivity index (χ0) is 23.0. The highest BCUT2D eigenvalue weighted by atomic mass is 32.2. The van der Waals surface area contributed by atoms with E-state index in [2.05, 4.69) is 5.32 Å². The third kappa shape index (κ3) is 4.04. The number of carbonyl (C=O) groups excluding carboxylic acids is 3. The molecule has 0 unspecified atom stereocenters. The fourth-order valence-corrected chi connectivity index (χ4v) is 4.15. The molecule has 3 aromatic rings. The molecule has 0 saturated heterocycles. The smallest absolute Gasteiger partial charge is 0.261 e. The molecule has 0 radical (unpaired) electrons. The number of fused-ring (bicyclic) bond motifs is 1. The van der Waals surface area contributed by atoms with Gasteiger partial charge in [0.25, 0.3) is 17.7 Å². The van der Waals surface area contributed by atoms with Gasteiger partial charge in [-0.2, -0.15) is 0 Å². The lowest BCUT2D eigenvalue weighted by Crippen LogP contribution is -2.29. The predicted molar refractivity (Wildman–Crippen MR) is 119 cm³/mol. The first-order valence-corrected chi connectivity index (χ1v) is 11.7. The van der Waals surface area contributed by atoms with Crippen LogP contribution < -0.4 is 5.32 Å². The van der Waals surface area contributed by atoms with Crippen LogP contribution in [0.15, 0.2) is 71.6 Å². The van der Waals surface area contributed by atoms with Crippen LogP contribution in [0.5, 0.6) is 0 Å². The summed E-state index contributed by atoms with van der Waals surface area (Å²) in [5.74, 6) is -1.38. The van der Waals surface area contributed by atoms with Gasteiger partial charge in [-0.25, -0.2) is 8.42 Å². The number of benzene rings is 3. The first-order valence-electron chi connectivity index (χ1n) is 9.81. The highest BCUT2D eigenvalue weighted by Crippen LogP contribution is 2.27. The Morgan fingerprint density at radius 3 is 2.28 bits per heavy atom. The van der Waals surface area contributed by atoms with Gasteiger partial charge in [0.2, 0.25) is 0 Å². The van der Waals surface area contributed by atoms with Gasteiger partial charge in [-0.3, -0.25) is 19.3 Å². The number of anilines is 1. The van der Waals surface area contributed by atoms with E-state index in [1.165, 1.54) is 30.3 Å². The summed E-state index contributed by atoms with van der Waals surface area (Å²) in [5.41, 5.74) is 2.47. The molecule has 0 fully saturated rings. The van der Waals surface area contributed by atoms with Crippen molar-refractivity contribution in [1.82, 2.24) is 4.90 Å². The molecule has 32 heavy (non-hydrogen) atoms. The fourth-order valence-electron chi connectivity index (χ4n) is 3.50. The third-order valence-corrected chi connectivity index (χ3v) is 6.41. The van der Waals surface area contributed by atoms with Crippen molar-refractivity contribution in [2.45, 2.75) is 18.4 Å². The van der Waals surface area contributed by atoms with Crippen LogP contribution in [0.3, 0.4) is 0 Å². The van der Waals surface area contributed by atoms with Crippen molar-refractivity contribution in [2.75, 3.05) is 11.6 Å². The SMILES string of the molecule is Cc1ccc(S(C)(=O)=O)cc1NC(=O)c1ccc2c(c1)C(=O)N(Cc1ccccc1)C2=O. The lowest BCUT2D eigenvalue weighted by Gasteiger charge is -2.13. The number of carbonyl (C=O) groups is 3. The number of sulfone groups is 1. The highest BCUT2D eigenvalue weighted by molar-refractivity contribution is 7.90. The molecule has 4 rings (SSSR count). The van der Waals surface area contributed by atoms with Crippen LogP contribution in [0.4, 0.5) is 5.69 Å². The van der Waals surface area contributed by atoms with Crippen LogP contribution in [0.2, 0.25) is 0 Å². The van der Waals surface area contributed by atoms with Crippen molar-refractivity contribution in [3.63, 3.8) is 0 Å². The van der Waals surface area contributed by atoms with Crippen molar-refractivity contribution in [2.24, 2.45) is 0 Å². The van der Waals surface area contributed by atoms with Gasteiger partial charge in [-0.1, -0.05) is 36.4 Å². The number of rotatable bonds is 5. The van der Waals surface area contributed by atoms with E-state index < -0.39 is 27.6 Å². The summed E-state index contributed by atoms with van der Waals surface area (Å²) >= 11 is 0. The van der Waals surface area contributed by atoms with E-state index in [0.29, 0.717) is 11.3 Å². The minimum absolute atomic E-state index is 0.0877. The van der Waals surface area contributed by atoms with Crippen LogP contribution in [0.1, 0.15) is 42.2 Å². The van der Waals surface area contributed by atoms with Crippen LogP contribution >= 0.6 is 0 Å². The molecule has 1 aliphatic heterocycles. The minimum atomic E-state index is -3.43. The molecule has 162 valence electrons. The maximum absolute atomic E-state index is 12.9. The van der Waals surface area contributed by atoms with Gasteiger partial charge in [0.15, 0.2) is 9.84 Å². The number of hydrogen-bond donors (Lipinski definition) is 1. The second-order valence-electron chi connectivity index (χ2n) is 7.65. The summed E-state index contributed by atoms with van der Waals surface area (Å²) < 4.78 is 23.6. The van der Waals surface area contributed by atoms with Crippen LogP contribution in [0, 0.1) is 6.92 Å². The summed E-state index contributed by atoms with van der Waals surface area (Å²) in [7, 11) is -3.43. The molecule has 0 saturated carbocycles. The van der Waals surface area contributed by atoms with E-state index in [1.54, 1.807) is 13.0 Å². The Hall–Kier alpha value is -3.78. The first kappa shape index (κ1) is 21.5. The van der Waals surface area contributed by atoms with E-state index >= 15 is 0 Å². The standard InChI is InChI=1S/C24H20N2O5S/c1-15-8-10-18(32(2,30)31)13-21(15)25-22(27)17-9-11-19-20(12-17)24(29)26(23(19)28)14-16-6-4-3-5-7-16/h3-13H,14H2,1-2H3,(H,25,27). The molecule has 0 bridgehead atoms. The van der Waals surface area contributed by atoms with Gasteiger partial charge in [-0.15, -0.1) is 0 Å². The zero-order valence-electron chi connectivity index (χ0n) is 17.5. The second kappa shape index (κ2) is 8.05. The van der Waals surface area contributed by atoms with E-state index in [1.807, 2.05) is 30.3 Å². The van der Waals surface area contributed by atoms with Crippen molar-refractivity contribution in [3.05, 3.63) is 94.5 Å². The van der Waals surface area contributed by atoms with Gasteiger partial charge < -0.3 is 5.32 Å². The Labute approximate surface area is 185 Å². The Kier molecular flexibility index (Phi) is 5.40. The third-order valence-electron chi connectivity index (χ3n) is 5.30. The molecule has 0 aromatic heterocycles. The van der Waals surface area contributed by atoms with E-state index in [9.17, 15) is 22.8 Å². The van der Waals surface area contributed by atoms with Crippen molar-refractivity contribution in [3.8, 4) is 0 Å². The highest BCUT2D eigenvalue weighted by Gasteiger charge is 2.36. The molecule has 8 heteroatoms.